The van der Waals surface area contributed by atoms with Crippen LogP contribution in [0.3, 0.4) is 0 Å². The summed E-state index contributed by atoms with van der Waals surface area (Å²) < 4.78 is 49.4. The lowest BCUT2D eigenvalue weighted by Gasteiger charge is -2.15. The first-order chi connectivity index (χ1) is 11.6. The van der Waals surface area contributed by atoms with Crippen LogP contribution in [0.4, 0.5) is 5.69 Å². The molecule has 1 aromatic rings. The summed E-state index contributed by atoms with van der Waals surface area (Å²) in [6.45, 7) is -0.747. The van der Waals surface area contributed by atoms with Crippen LogP contribution in [0, 0.1) is 0 Å². The molecule has 144 valence electrons. The predicted octanol–water partition coefficient (Wildman–Crippen LogP) is -1.62. The highest BCUT2D eigenvalue weighted by atomic mass is 32.2. The second kappa shape index (κ2) is 9.32. The molecular weight excluding hydrogens is 406 g/mol. The molecule has 13 nitrogen and oxygen atoms in total. The summed E-state index contributed by atoms with van der Waals surface area (Å²) in [6.07, 6.45) is 0.733. The first kappa shape index (κ1) is 21.6. The molecule has 25 heavy (non-hydrogen) atoms. The molecule has 0 aliphatic heterocycles. The topological polar surface area (TPSA) is 186 Å². The highest BCUT2D eigenvalue weighted by Crippen LogP contribution is 2.17. The van der Waals surface area contributed by atoms with Crippen LogP contribution in [0.25, 0.3) is 0 Å². The van der Waals surface area contributed by atoms with Gasteiger partial charge in [0.25, 0.3) is 5.56 Å². The Morgan fingerprint density at radius 2 is 1.92 bits per heavy atom. The summed E-state index contributed by atoms with van der Waals surface area (Å²) in [5, 5.41) is 21.4. The van der Waals surface area contributed by atoms with Crippen molar-refractivity contribution in [3.8, 4) is 5.88 Å². The van der Waals surface area contributed by atoms with Gasteiger partial charge in [-0.3, -0.25) is 18.7 Å². The Morgan fingerprint density at radius 1 is 1.28 bits per heavy atom. The monoisotopic (exact) mass is 421 g/mol. The lowest BCUT2D eigenvalue weighted by atomic mass is 10.4. The van der Waals surface area contributed by atoms with Crippen molar-refractivity contribution in [2.45, 2.75) is 13.1 Å². The van der Waals surface area contributed by atoms with Gasteiger partial charge in [-0.15, -0.1) is 4.33 Å². The quantitative estimate of drug-likeness (QED) is 0.112. The molecule has 0 fully saturated rings. The molecule has 0 saturated heterocycles. The fraction of sp³-hybridized carbons (Fsp3) is 0.556. The largest absolute Gasteiger partial charge is 0.493 e. The Balaban J connectivity index is 3.40. The second-order valence-corrected chi connectivity index (χ2v) is 8.03. The minimum Gasteiger partial charge on any atom is -0.493 e. The molecule has 0 aromatic carbocycles. The summed E-state index contributed by atoms with van der Waals surface area (Å²) in [5.74, 6) is -1.49. The highest BCUT2D eigenvalue weighted by Gasteiger charge is 2.21. The molecule has 0 aliphatic carbocycles. The Labute approximate surface area is 147 Å². The normalized spacial score (nSPS) is 12.9. The predicted molar refractivity (Wildman–Crippen MR) is 88.0 cm³/mol. The van der Waals surface area contributed by atoms with Crippen LogP contribution in [0.2, 0.25) is 0 Å². The summed E-state index contributed by atoms with van der Waals surface area (Å²) >= 11 is -1.75. The van der Waals surface area contributed by atoms with Crippen LogP contribution in [0.5, 0.6) is 5.88 Å². The molecule has 1 unspecified atom stereocenters. The van der Waals surface area contributed by atoms with Crippen LogP contribution in [0.15, 0.2) is 9.59 Å². The number of hydrogen-bond acceptors (Lipinski definition) is 10. The van der Waals surface area contributed by atoms with E-state index in [0.717, 1.165) is 6.26 Å². The number of aromatic nitrogens is 2. The number of anilines is 1. The first-order valence-electron chi connectivity index (χ1n) is 6.30. The molecule has 4 N–H and O–H groups in total. The van der Waals surface area contributed by atoms with Crippen molar-refractivity contribution < 1.29 is 36.9 Å². The minimum atomic E-state index is -3.96. The third-order valence-electron chi connectivity index (χ3n) is 2.65. The fourth-order valence-corrected chi connectivity index (χ4v) is 2.97. The summed E-state index contributed by atoms with van der Waals surface area (Å²) in [5.41, 5.74) is -2.94. The lowest BCUT2D eigenvalue weighted by Crippen LogP contribution is -2.42. The average molecular weight is 421 g/mol. The maximum atomic E-state index is 12.3. The van der Waals surface area contributed by atoms with E-state index in [0.29, 0.717) is 21.2 Å². The third-order valence-corrected chi connectivity index (χ3v) is 4.27. The van der Waals surface area contributed by atoms with Crippen LogP contribution in [0.1, 0.15) is 0 Å². The molecule has 1 aromatic heterocycles. The number of sulfonamides is 1. The maximum Gasteiger partial charge on any atom is 0.333 e. The van der Waals surface area contributed by atoms with Crippen molar-refractivity contribution in [1.29, 1.82) is 0 Å². The highest BCUT2D eigenvalue weighted by molar-refractivity contribution is 7.94. The zero-order valence-corrected chi connectivity index (χ0v) is 15.1. The van der Waals surface area contributed by atoms with Gasteiger partial charge in [0.05, 0.1) is 12.0 Å². The molecule has 0 amide bonds. The molecule has 1 atom stereocenters. The number of nitrogens with one attached hydrogen (secondary N) is 1. The minimum absolute atomic E-state index is 0.0648. The van der Waals surface area contributed by atoms with Gasteiger partial charge in [-0.05, 0) is 0 Å². The SMILES string of the molecule is CS(=O)(=O)Nc1c(O)n(CCS(=O)O)c(=O)n(CCSOOO)c1=O. The summed E-state index contributed by atoms with van der Waals surface area (Å²) in [6, 6.07) is 0. The van der Waals surface area contributed by atoms with Gasteiger partial charge >= 0.3 is 5.69 Å². The molecule has 0 radical (unpaired) electrons. The lowest BCUT2D eigenvalue weighted by molar-refractivity contribution is -0.432. The van der Waals surface area contributed by atoms with E-state index < -0.39 is 56.2 Å². The van der Waals surface area contributed by atoms with Crippen molar-refractivity contribution in [3.63, 3.8) is 0 Å². The number of nitrogens with zero attached hydrogens (tertiary/aromatic N) is 2. The maximum absolute atomic E-state index is 12.3. The van der Waals surface area contributed by atoms with E-state index in [1.807, 2.05) is 0 Å². The molecule has 16 heteroatoms. The van der Waals surface area contributed by atoms with Gasteiger partial charge in [0.2, 0.25) is 15.9 Å². The van der Waals surface area contributed by atoms with Gasteiger partial charge in [-0.2, -0.15) is 0 Å². The van der Waals surface area contributed by atoms with E-state index in [2.05, 4.69) is 9.37 Å². The van der Waals surface area contributed by atoms with E-state index in [4.69, 9.17) is 9.81 Å². The molecule has 0 bridgehead atoms. The van der Waals surface area contributed by atoms with E-state index in [1.54, 1.807) is 4.72 Å². The van der Waals surface area contributed by atoms with Crippen LogP contribution in [-0.4, -0.2) is 54.4 Å². The van der Waals surface area contributed by atoms with E-state index in [1.165, 1.54) is 0 Å². The van der Waals surface area contributed by atoms with E-state index in [9.17, 15) is 27.3 Å². The standard InChI is InChI=1S/C9H15N3O10S3/c1-25(19,20)10-6-7(13)11(2-4-23-22-21-16)9(15)12(8(6)14)3-5-24(17)18/h10,14,16H,2-5H2,1H3,(H,17,18). The Bertz CT molecular complexity index is 846. The van der Waals surface area contributed by atoms with Crippen molar-refractivity contribution in [3.05, 3.63) is 20.8 Å². The van der Waals surface area contributed by atoms with Crippen molar-refractivity contribution >= 4 is 38.8 Å². The molecule has 0 spiro atoms. The smallest absolute Gasteiger partial charge is 0.333 e. The third kappa shape index (κ3) is 6.42. The molecule has 1 heterocycles. The molecule has 0 saturated carbocycles. The number of rotatable bonds is 10. The number of hydrogen-bond donors (Lipinski definition) is 4. The molecular formula is C9H15N3O10S3. The fourth-order valence-electron chi connectivity index (χ4n) is 1.72. The van der Waals surface area contributed by atoms with Crippen LogP contribution >= 0.6 is 12.0 Å². The van der Waals surface area contributed by atoms with E-state index >= 15 is 0 Å². The summed E-state index contributed by atoms with van der Waals surface area (Å²) in [7, 11) is -3.96. The van der Waals surface area contributed by atoms with E-state index in [-0.39, 0.29) is 12.3 Å². The van der Waals surface area contributed by atoms with Crippen molar-refractivity contribution in [2.75, 3.05) is 22.5 Å². The molecule has 0 aliphatic rings. The van der Waals surface area contributed by atoms with Crippen molar-refractivity contribution in [2.24, 2.45) is 0 Å². The van der Waals surface area contributed by atoms with Gasteiger partial charge in [0.1, 0.15) is 0 Å². The Hall–Kier alpha value is -1.43. The van der Waals surface area contributed by atoms with Crippen molar-refractivity contribution in [1.82, 2.24) is 9.13 Å². The zero-order chi connectivity index (χ0) is 19.2. The summed E-state index contributed by atoms with van der Waals surface area (Å²) in [4.78, 5) is 24.5. The Kier molecular flexibility index (Phi) is 8.06. The van der Waals surface area contributed by atoms with Crippen LogP contribution < -0.4 is 16.0 Å². The van der Waals surface area contributed by atoms with Crippen LogP contribution in [-0.2, 0) is 43.6 Å². The second-order valence-electron chi connectivity index (χ2n) is 4.45. The molecule has 1 rings (SSSR count). The first-order valence-corrected chi connectivity index (χ1v) is 10.4. The van der Waals surface area contributed by atoms with Gasteiger partial charge in [-0.1, -0.05) is 5.04 Å². The Morgan fingerprint density at radius 3 is 2.44 bits per heavy atom. The van der Waals surface area contributed by atoms with Gasteiger partial charge < -0.3 is 9.66 Å². The number of aromatic hydroxyl groups is 1. The van der Waals surface area contributed by atoms with Gasteiger partial charge in [0, 0.05) is 30.9 Å². The van der Waals surface area contributed by atoms with Gasteiger partial charge in [-0.25, -0.2) is 22.7 Å². The van der Waals surface area contributed by atoms with Gasteiger partial charge in [0.15, 0.2) is 16.8 Å². The average Bonchev–Trinajstić information content (AvgIpc) is 2.49. The zero-order valence-electron chi connectivity index (χ0n) is 12.6.